The molecule has 0 radical (unpaired) electrons. The predicted molar refractivity (Wildman–Crippen MR) is 90.1 cm³/mol. The summed E-state index contributed by atoms with van der Waals surface area (Å²) in [6, 6.07) is 8.26. The van der Waals surface area contributed by atoms with Gasteiger partial charge in [-0.05, 0) is 40.5 Å². The number of hydrogen-bond acceptors (Lipinski definition) is 4. The van der Waals surface area contributed by atoms with Crippen molar-refractivity contribution >= 4 is 43.5 Å². The molecule has 0 fully saturated rings. The summed E-state index contributed by atoms with van der Waals surface area (Å²) in [6.45, 7) is 3.64. The Morgan fingerprint density at radius 3 is 2.75 bits per heavy atom. The molecule has 0 aliphatic rings. The largest absolute Gasteiger partial charge is 0.369 e. The van der Waals surface area contributed by atoms with Crippen molar-refractivity contribution in [1.82, 2.24) is 9.97 Å². The maximum absolute atomic E-state index is 4.36. The molecular formula is C14H16Br2N4. The lowest BCUT2D eigenvalue weighted by Crippen LogP contribution is -2.19. The zero-order valence-electron chi connectivity index (χ0n) is 11.4. The van der Waals surface area contributed by atoms with Gasteiger partial charge >= 0.3 is 0 Å². The Hall–Kier alpha value is -1.14. The molecule has 0 unspecified atom stereocenters. The Morgan fingerprint density at radius 2 is 2.05 bits per heavy atom. The minimum atomic E-state index is 0.778. The molecule has 0 saturated heterocycles. The molecule has 106 valence electrons. The minimum absolute atomic E-state index is 0.778. The summed E-state index contributed by atoms with van der Waals surface area (Å²) >= 11 is 7.06. The smallest absolute Gasteiger partial charge is 0.148 e. The van der Waals surface area contributed by atoms with E-state index in [-0.39, 0.29) is 0 Å². The van der Waals surface area contributed by atoms with E-state index >= 15 is 0 Å². The van der Waals surface area contributed by atoms with E-state index in [0.29, 0.717) is 0 Å². The van der Waals surface area contributed by atoms with Gasteiger partial charge in [0.15, 0.2) is 0 Å². The Morgan fingerprint density at radius 1 is 1.25 bits per heavy atom. The first-order valence-corrected chi connectivity index (χ1v) is 7.90. The molecule has 0 aliphatic carbocycles. The number of anilines is 2. The van der Waals surface area contributed by atoms with E-state index < -0.39 is 0 Å². The molecular weight excluding hydrogens is 384 g/mol. The molecule has 2 aromatic rings. The zero-order valence-corrected chi connectivity index (χ0v) is 14.6. The normalized spacial score (nSPS) is 10.4. The second-order valence-electron chi connectivity index (χ2n) is 4.38. The van der Waals surface area contributed by atoms with Crippen LogP contribution in [0, 0.1) is 0 Å². The van der Waals surface area contributed by atoms with E-state index in [9.17, 15) is 0 Å². The van der Waals surface area contributed by atoms with Crippen LogP contribution in [0.4, 0.5) is 11.6 Å². The van der Waals surface area contributed by atoms with Crippen molar-refractivity contribution in [2.75, 3.05) is 23.8 Å². The molecule has 0 aliphatic heterocycles. The fourth-order valence-electron chi connectivity index (χ4n) is 1.90. The number of hydrogen-bond donors (Lipinski definition) is 1. The van der Waals surface area contributed by atoms with Gasteiger partial charge in [-0.2, -0.15) is 0 Å². The Bertz CT molecular complexity index is 589. The van der Waals surface area contributed by atoms with Crippen molar-refractivity contribution < 1.29 is 0 Å². The van der Waals surface area contributed by atoms with E-state index in [1.165, 1.54) is 5.56 Å². The van der Waals surface area contributed by atoms with Crippen LogP contribution in [-0.4, -0.2) is 23.6 Å². The number of halogens is 2. The molecule has 2 rings (SSSR count). The molecule has 1 N–H and O–H groups in total. The summed E-state index contributed by atoms with van der Waals surface area (Å²) in [7, 11) is 2.02. The molecule has 20 heavy (non-hydrogen) atoms. The van der Waals surface area contributed by atoms with Crippen molar-refractivity contribution in [2.45, 2.75) is 13.5 Å². The van der Waals surface area contributed by atoms with E-state index in [4.69, 9.17) is 0 Å². The van der Waals surface area contributed by atoms with Gasteiger partial charge in [-0.25, -0.2) is 9.97 Å². The average Bonchev–Trinajstić information content (AvgIpc) is 2.41. The third-order valence-electron chi connectivity index (χ3n) is 2.79. The minimum Gasteiger partial charge on any atom is -0.369 e. The average molecular weight is 400 g/mol. The van der Waals surface area contributed by atoms with Crippen molar-refractivity contribution in [3.05, 3.63) is 45.1 Å². The number of nitrogens with zero attached hydrogens (tertiary/aromatic N) is 3. The summed E-state index contributed by atoms with van der Waals surface area (Å²) in [5.41, 5.74) is 1.22. The molecule has 1 heterocycles. The molecule has 1 aromatic heterocycles. The van der Waals surface area contributed by atoms with Gasteiger partial charge in [0.2, 0.25) is 0 Å². The van der Waals surface area contributed by atoms with Crippen LogP contribution in [0.5, 0.6) is 0 Å². The molecule has 0 saturated carbocycles. The van der Waals surface area contributed by atoms with E-state index in [1.807, 2.05) is 26.1 Å². The molecule has 0 atom stereocenters. The van der Waals surface area contributed by atoms with Gasteiger partial charge in [0, 0.05) is 24.6 Å². The Labute approximate surface area is 135 Å². The van der Waals surface area contributed by atoms with Crippen LogP contribution >= 0.6 is 31.9 Å². The van der Waals surface area contributed by atoms with Crippen molar-refractivity contribution in [3.63, 3.8) is 0 Å². The quantitative estimate of drug-likeness (QED) is 0.822. The fraction of sp³-hybridized carbons (Fsp3) is 0.286. The lowest BCUT2D eigenvalue weighted by Gasteiger charge is -2.20. The molecule has 4 nitrogen and oxygen atoms in total. The van der Waals surface area contributed by atoms with Gasteiger partial charge in [0.25, 0.3) is 0 Å². The molecule has 1 aromatic carbocycles. The first-order chi connectivity index (χ1) is 9.61. The first kappa shape index (κ1) is 15.3. The summed E-state index contributed by atoms with van der Waals surface area (Å²) in [6.07, 6.45) is 1.58. The monoisotopic (exact) mass is 398 g/mol. The van der Waals surface area contributed by atoms with Gasteiger partial charge in [0.05, 0.1) is 0 Å². The predicted octanol–water partition coefficient (Wildman–Crippen LogP) is 4.07. The van der Waals surface area contributed by atoms with Gasteiger partial charge in [0.1, 0.15) is 22.4 Å². The third kappa shape index (κ3) is 3.70. The second kappa shape index (κ2) is 7.04. The SMILES string of the molecule is CCNc1ncnc(N(C)Cc2cccc(Br)c2)c1Br. The van der Waals surface area contributed by atoms with Crippen molar-refractivity contribution in [1.29, 1.82) is 0 Å². The second-order valence-corrected chi connectivity index (χ2v) is 6.08. The van der Waals surface area contributed by atoms with E-state index in [1.54, 1.807) is 6.33 Å². The van der Waals surface area contributed by atoms with Crippen LogP contribution in [0.15, 0.2) is 39.5 Å². The summed E-state index contributed by atoms with van der Waals surface area (Å²) in [4.78, 5) is 10.7. The van der Waals surface area contributed by atoms with Gasteiger partial charge in [-0.15, -0.1) is 0 Å². The highest BCUT2D eigenvalue weighted by atomic mass is 79.9. The van der Waals surface area contributed by atoms with E-state index in [0.717, 1.165) is 33.7 Å². The van der Waals surface area contributed by atoms with Crippen LogP contribution in [0.25, 0.3) is 0 Å². The number of nitrogens with one attached hydrogen (secondary N) is 1. The fourth-order valence-corrected chi connectivity index (χ4v) is 3.00. The van der Waals surface area contributed by atoms with E-state index in [2.05, 4.69) is 64.2 Å². The summed E-state index contributed by atoms with van der Waals surface area (Å²) in [5, 5.41) is 3.21. The van der Waals surface area contributed by atoms with Crippen LogP contribution in [-0.2, 0) is 6.54 Å². The highest BCUT2D eigenvalue weighted by Crippen LogP contribution is 2.29. The summed E-state index contributed by atoms with van der Waals surface area (Å²) < 4.78 is 1.97. The maximum atomic E-state index is 4.36. The lowest BCUT2D eigenvalue weighted by molar-refractivity contribution is 0.885. The number of benzene rings is 1. The van der Waals surface area contributed by atoms with Crippen LogP contribution in [0.2, 0.25) is 0 Å². The zero-order chi connectivity index (χ0) is 14.5. The molecule has 0 bridgehead atoms. The topological polar surface area (TPSA) is 41.1 Å². The molecule has 0 spiro atoms. The number of rotatable bonds is 5. The van der Waals surface area contributed by atoms with Gasteiger partial charge in [-0.3, -0.25) is 0 Å². The van der Waals surface area contributed by atoms with Crippen molar-refractivity contribution in [3.8, 4) is 0 Å². The van der Waals surface area contributed by atoms with Crippen LogP contribution in [0.3, 0.4) is 0 Å². The lowest BCUT2D eigenvalue weighted by atomic mass is 10.2. The summed E-state index contributed by atoms with van der Waals surface area (Å²) in [5.74, 6) is 1.69. The highest BCUT2D eigenvalue weighted by Gasteiger charge is 2.12. The maximum Gasteiger partial charge on any atom is 0.148 e. The first-order valence-electron chi connectivity index (χ1n) is 6.31. The van der Waals surface area contributed by atoms with Crippen molar-refractivity contribution in [2.24, 2.45) is 0 Å². The molecule has 6 heteroatoms. The van der Waals surface area contributed by atoms with Crippen LogP contribution in [0.1, 0.15) is 12.5 Å². The highest BCUT2D eigenvalue weighted by molar-refractivity contribution is 9.11. The Balaban J connectivity index is 2.21. The Kier molecular flexibility index (Phi) is 5.37. The van der Waals surface area contributed by atoms with Gasteiger partial charge in [-0.1, -0.05) is 28.1 Å². The van der Waals surface area contributed by atoms with Gasteiger partial charge < -0.3 is 10.2 Å². The third-order valence-corrected chi connectivity index (χ3v) is 4.01. The number of aromatic nitrogens is 2. The van der Waals surface area contributed by atoms with Crippen LogP contribution < -0.4 is 10.2 Å². The molecule has 0 amide bonds. The standard InChI is InChI=1S/C14H16Br2N4/c1-3-17-13-12(16)14(19-9-18-13)20(2)8-10-5-4-6-11(15)7-10/h4-7,9H,3,8H2,1-2H3,(H,17,18,19).